The summed E-state index contributed by atoms with van der Waals surface area (Å²) in [5.74, 6) is 0.404. The topological polar surface area (TPSA) is 53.0 Å². The summed E-state index contributed by atoms with van der Waals surface area (Å²) in [6.45, 7) is 3.76. The van der Waals surface area contributed by atoms with E-state index in [9.17, 15) is 9.90 Å². The Morgan fingerprint density at radius 1 is 1.00 bits per heavy atom. The molecule has 0 aromatic heterocycles. The van der Waals surface area contributed by atoms with Crippen molar-refractivity contribution in [1.82, 2.24) is 9.80 Å². The number of aromatic hydroxyl groups is 1. The summed E-state index contributed by atoms with van der Waals surface area (Å²) in [5, 5.41) is 12.6. The van der Waals surface area contributed by atoms with Crippen molar-refractivity contribution in [2.24, 2.45) is 0 Å². The van der Waals surface area contributed by atoms with Gasteiger partial charge in [-0.05, 0) is 34.5 Å². The van der Waals surface area contributed by atoms with Crippen molar-refractivity contribution in [2.75, 3.05) is 33.3 Å². The third-order valence-electron chi connectivity index (χ3n) is 5.37. The lowest BCUT2D eigenvalue weighted by atomic mass is 10.0. The molecular weight excluding hydrogens is 352 g/mol. The summed E-state index contributed by atoms with van der Waals surface area (Å²) in [5.41, 5.74) is 1.60. The molecule has 28 heavy (non-hydrogen) atoms. The number of amides is 1. The summed E-state index contributed by atoms with van der Waals surface area (Å²) < 4.78 is 5.18. The fourth-order valence-electron chi connectivity index (χ4n) is 3.76. The van der Waals surface area contributed by atoms with E-state index in [1.807, 2.05) is 0 Å². The smallest absolute Gasteiger partial charge is 0.257 e. The molecule has 3 aromatic carbocycles. The molecule has 0 spiro atoms. The molecule has 1 heterocycles. The van der Waals surface area contributed by atoms with Gasteiger partial charge in [0.05, 0.1) is 12.7 Å². The van der Waals surface area contributed by atoms with Crippen LogP contribution in [0.25, 0.3) is 10.8 Å². The van der Waals surface area contributed by atoms with Crippen LogP contribution in [0.15, 0.2) is 60.7 Å². The molecule has 1 amide bonds. The normalized spacial score (nSPS) is 15.0. The fraction of sp³-hybridized carbons (Fsp3) is 0.261. The number of nitrogens with zero attached hydrogens (tertiary/aromatic N) is 2. The van der Waals surface area contributed by atoms with E-state index in [1.165, 1.54) is 22.4 Å². The first kappa shape index (κ1) is 18.3. The van der Waals surface area contributed by atoms with Crippen LogP contribution >= 0.6 is 0 Å². The first-order valence-electron chi connectivity index (χ1n) is 9.51. The van der Waals surface area contributed by atoms with Crippen LogP contribution in [0, 0.1) is 0 Å². The Morgan fingerprint density at radius 3 is 2.54 bits per heavy atom. The Bertz CT molecular complexity index is 989. The number of carbonyl (C=O) groups excluding carboxylic acids is 1. The van der Waals surface area contributed by atoms with E-state index in [0.29, 0.717) is 24.4 Å². The second kappa shape index (κ2) is 7.90. The standard InChI is InChI=1S/C23H24N2O3/c1-28-19-9-10-22(26)21(15-19)23(27)25-13-11-24(12-14-25)16-18-7-4-6-17-5-2-3-8-20(17)18/h2-10,15,26H,11-14,16H2,1H3. The Morgan fingerprint density at radius 2 is 1.75 bits per heavy atom. The van der Waals surface area contributed by atoms with Gasteiger partial charge in [0.25, 0.3) is 5.91 Å². The molecule has 0 radical (unpaired) electrons. The van der Waals surface area contributed by atoms with E-state index in [2.05, 4.69) is 47.4 Å². The van der Waals surface area contributed by atoms with Crippen molar-refractivity contribution in [3.8, 4) is 11.5 Å². The Labute approximate surface area is 164 Å². The SMILES string of the molecule is COc1ccc(O)c(C(=O)N2CCN(Cc3cccc4ccccc34)CC2)c1. The monoisotopic (exact) mass is 376 g/mol. The maximum absolute atomic E-state index is 12.8. The Balaban J connectivity index is 1.43. The molecule has 1 aliphatic heterocycles. The van der Waals surface area contributed by atoms with Crippen LogP contribution in [0.3, 0.4) is 0 Å². The molecule has 0 atom stereocenters. The predicted molar refractivity (Wildman–Crippen MR) is 110 cm³/mol. The number of hydrogen-bond acceptors (Lipinski definition) is 4. The highest BCUT2D eigenvalue weighted by Gasteiger charge is 2.24. The van der Waals surface area contributed by atoms with Crippen molar-refractivity contribution < 1.29 is 14.6 Å². The number of ether oxygens (including phenoxy) is 1. The van der Waals surface area contributed by atoms with E-state index < -0.39 is 0 Å². The predicted octanol–water partition coefficient (Wildman–Crippen LogP) is 3.51. The Kier molecular flexibility index (Phi) is 5.17. The maximum atomic E-state index is 12.8. The molecule has 1 aliphatic rings. The summed E-state index contributed by atoms with van der Waals surface area (Å²) in [6.07, 6.45) is 0. The van der Waals surface area contributed by atoms with Crippen LogP contribution in [0.4, 0.5) is 0 Å². The average Bonchev–Trinajstić information content (AvgIpc) is 2.74. The lowest BCUT2D eigenvalue weighted by molar-refractivity contribution is 0.0625. The lowest BCUT2D eigenvalue weighted by Crippen LogP contribution is -2.48. The van der Waals surface area contributed by atoms with Gasteiger partial charge in [-0.1, -0.05) is 42.5 Å². The maximum Gasteiger partial charge on any atom is 0.257 e. The van der Waals surface area contributed by atoms with Gasteiger partial charge in [0, 0.05) is 32.7 Å². The van der Waals surface area contributed by atoms with E-state index in [4.69, 9.17) is 4.74 Å². The molecule has 1 N–H and O–H groups in total. The molecule has 4 rings (SSSR count). The largest absolute Gasteiger partial charge is 0.507 e. The fourth-order valence-corrected chi connectivity index (χ4v) is 3.76. The first-order valence-corrected chi connectivity index (χ1v) is 9.51. The van der Waals surface area contributed by atoms with E-state index in [-0.39, 0.29) is 11.7 Å². The van der Waals surface area contributed by atoms with Crippen molar-refractivity contribution in [1.29, 1.82) is 0 Å². The second-order valence-corrected chi connectivity index (χ2v) is 7.09. The summed E-state index contributed by atoms with van der Waals surface area (Å²) in [6, 6.07) is 19.6. The summed E-state index contributed by atoms with van der Waals surface area (Å²) in [4.78, 5) is 17.0. The minimum absolute atomic E-state index is 0.0102. The first-order chi connectivity index (χ1) is 13.7. The van der Waals surface area contributed by atoms with E-state index >= 15 is 0 Å². The van der Waals surface area contributed by atoms with Gasteiger partial charge in [-0.15, -0.1) is 0 Å². The zero-order valence-electron chi connectivity index (χ0n) is 16.0. The number of hydrogen-bond donors (Lipinski definition) is 1. The van der Waals surface area contributed by atoms with E-state index in [0.717, 1.165) is 19.6 Å². The number of rotatable bonds is 4. The minimum Gasteiger partial charge on any atom is -0.507 e. The zero-order valence-corrected chi connectivity index (χ0v) is 16.0. The van der Waals surface area contributed by atoms with Crippen LogP contribution in [0.1, 0.15) is 15.9 Å². The van der Waals surface area contributed by atoms with Crippen LogP contribution in [0.2, 0.25) is 0 Å². The number of carbonyl (C=O) groups is 1. The molecule has 0 bridgehead atoms. The van der Waals surface area contributed by atoms with Gasteiger partial charge in [-0.2, -0.15) is 0 Å². The zero-order chi connectivity index (χ0) is 19.5. The third kappa shape index (κ3) is 3.66. The number of phenolic OH excluding ortho intramolecular Hbond substituents is 1. The molecule has 1 saturated heterocycles. The van der Waals surface area contributed by atoms with Crippen LogP contribution in [-0.2, 0) is 6.54 Å². The average molecular weight is 376 g/mol. The molecule has 5 heteroatoms. The molecule has 0 saturated carbocycles. The van der Waals surface area contributed by atoms with Gasteiger partial charge in [0.15, 0.2) is 0 Å². The highest BCUT2D eigenvalue weighted by Crippen LogP contribution is 2.25. The molecule has 144 valence electrons. The molecule has 0 unspecified atom stereocenters. The summed E-state index contributed by atoms with van der Waals surface area (Å²) in [7, 11) is 1.55. The van der Waals surface area contributed by atoms with E-state index in [1.54, 1.807) is 24.1 Å². The molecule has 1 fully saturated rings. The van der Waals surface area contributed by atoms with Crippen molar-refractivity contribution in [2.45, 2.75) is 6.54 Å². The van der Waals surface area contributed by atoms with Gasteiger partial charge in [0.2, 0.25) is 0 Å². The number of methoxy groups -OCH3 is 1. The second-order valence-electron chi connectivity index (χ2n) is 7.09. The van der Waals surface area contributed by atoms with Crippen molar-refractivity contribution >= 4 is 16.7 Å². The van der Waals surface area contributed by atoms with Crippen molar-refractivity contribution in [3.05, 3.63) is 71.8 Å². The summed E-state index contributed by atoms with van der Waals surface area (Å²) >= 11 is 0. The van der Waals surface area contributed by atoms with Crippen molar-refractivity contribution in [3.63, 3.8) is 0 Å². The van der Waals surface area contributed by atoms with Crippen LogP contribution < -0.4 is 4.74 Å². The third-order valence-corrected chi connectivity index (χ3v) is 5.37. The molecule has 0 aliphatic carbocycles. The molecular formula is C23H24N2O3. The molecule has 5 nitrogen and oxygen atoms in total. The van der Waals surface area contributed by atoms with Gasteiger partial charge in [0.1, 0.15) is 11.5 Å². The van der Waals surface area contributed by atoms with Gasteiger partial charge in [-0.3, -0.25) is 9.69 Å². The highest BCUT2D eigenvalue weighted by atomic mass is 16.5. The minimum atomic E-state index is -0.152. The lowest BCUT2D eigenvalue weighted by Gasteiger charge is -2.35. The number of phenols is 1. The van der Waals surface area contributed by atoms with Crippen LogP contribution in [-0.4, -0.2) is 54.1 Å². The number of benzene rings is 3. The van der Waals surface area contributed by atoms with Crippen LogP contribution in [0.5, 0.6) is 11.5 Å². The highest BCUT2D eigenvalue weighted by molar-refractivity contribution is 5.97. The van der Waals surface area contributed by atoms with Gasteiger partial charge >= 0.3 is 0 Å². The van der Waals surface area contributed by atoms with Gasteiger partial charge < -0.3 is 14.7 Å². The number of piperazine rings is 1. The quantitative estimate of drug-likeness (QED) is 0.757. The molecule has 3 aromatic rings. The Hall–Kier alpha value is -3.05. The number of fused-ring (bicyclic) bond motifs is 1. The van der Waals surface area contributed by atoms with Gasteiger partial charge in [-0.25, -0.2) is 0 Å².